The number of carbonyl (C=O) groups is 2. The Morgan fingerprint density at radius 3 is 2.58 bits per heavy atom. The third kappa shape index (κ3) is 3.15. The van der Waals surface area contributed by atoms with E-state index in [4.69, 9.17) is 5.11 Å². The van der Waals surface area contributed by atoms with Crippen LogP contribution in [0.2, 0.25) is 0 Å². The van der Waals surface area contributed by atoms with Gasteiger partial charge in [-0.1, -0.05) is 28.1 Å². The van der Waals surface area contributed by atoms with E-state index < -0.39 is 11.9 Å². The van der Waals surface area contributed by atoms with Crippen LogP contribution in [0.15, 0.2) is 28.7 Å². The number of carboxylic acids is 1. The quantitative estimate of drug-likeness (QED) is 0.894. The number of halogens is 1. The molecule has 0 saturated heterocycles. The molecule has 0 heterocycles. The van der Waals surface area contributed by atoms with E-state index in [0.29, 0.717) is 12.8 Å². The highest BCUT2D eigenvalue weighted by Gasteiger charge is 2.41. The Kier molecular flexibility index (Phi) is 4.24. The molecule has 5 heteroatoms. The molecule has 2 N–H and O–H groups in total. The van der Waals surface area contributed by atoms with E-state index in [2.05, 4.69) is 21.2 Å². The molecule has 1 fully saturated rings. The summed E-state index contributed by atoms with van der Waals surface area (Å²) in [5, 5.41) is 11.8. The molecular formula is C14H16BrNO3. The molecule has 1 aliphatic carbocycles. The fraction of sp³-hybridized carbons (Fsp3) is 0.429. The minimum Gasteiger partial charge on any atom is -0.481 e. The largest absolute Gasteiger partial charge is 0.481 e. The average molecular weight is 326 g/mol. The van der Waals surface area contributed by atoms with Crippen molar-refractivity contribution in [2.24, 2.45) is 11.8 Å². The Morgan fingerprint density at radius 1 is 1.37 bits per heavy atom. The maximum absolute atomic E-state index is 12.0. The lowest BCUT2D eigenvalue weighted by Crippen LogP contribution is -2.44. The maximum Gasteiger partial charge on any atom is 0.307 e. The van der Waals surface area contributed by atoms with Crippen molar-refractivity contribution in [3.8, 4) is 0 Å². The van der Waals surface area contributed by atoms with Gasteiger partial charge in [0.1, 0.15) is 0 Å². The lowest BCUT2D eigenvalue weighted by atomic mass is 9.73. The second kappa shape index (κ2) is 5.74. The van der Waals surface area contributed by atoms with Crippen molar-refractivity contribution in [1.29, 1.82) is 0 Å². The monoisotopic (exact) mass is 325 g/mol. The van der Waals surface area contributed by atoms with Gasteiger partial charge in [0.15, 0.2) is 0 Å². The van der Waals surface area contributed by atoms with Crippen LogP contribution in [0.4, 0.5) is 0 Å². The number of nitrogens with one attached hydrogen (secondary N) is 1. The van der Waals surface area contributed by atoms with Gasteiger partial charge in [0.2, 0.25) is 5.91 Å². The first-order valence-electron chi connectivity index (χ1n) is 6.27. The molecule has 0 spiro atoms. The molecule has 0 aliphatic heterocycles. The molecule has 0 aromatic heterocycles. The molecule has 0 radical (unpaired) electrons. The smallest absolute Gasteiger partial charge is 0.307 e. The third-order valence-electron chi connectivity index (χ3n) is 3.64. The van der Waals surface area contributed by atoms with Crippen LogP contribution in [0.3, 0.4) is 0 Å². The predicted octanol–water partition coefficient (Wildman–Crippen LogP) is 2.74. The second-order valence-corrected chi connectivity index (χ2v) is 5.83. The standard InChI is InChI=1S/C14H16BrNO3/c1-8(9-3-2-4-10(15)7-9)16-13(17)11-5-6-12(11)14(18)19/h2-4,7-8,11-12H,5-6H2,1H3,(H,16,17)(H,18,19). The summed E-state index contributed by atoms with van der Waals surface area (Å²) in [6.07, 6.45) is 1.26. The molecule has 102 valence electrons. The van der Waals surface area contributed by atoms with Gasteiger partial charge < -0.3 is 10.4 Å². The van der Waals surface area contributed by atoms with Crippen molar-refractivity contribution in [1.82, 2.24) is 5.32 Å². The Morgan fingerprint density at radius 2 is 2.05 bits per heavy atom. The Labute approximate surface area is 120 Å². The minimum atomic E-state index is -0.874. The van der Waals surface area contributed by atoms with Crippen LogP contribution in [-0.4, -0.2) is 17.0 Å². The summed E-state index contributed by atoms with van der Waals surface area (Å²) in [6.45, 7) is 1.90. The molecule has 2 rings (SSSR count). The summed E-state index contributed by atoms with van der Waals surface area (Å²) in [4.78, 5) is 22.9. The van der Waals surface area contributed by atoms with Gasteiger partial charge in [-0.25, -0.2) is 0 Å². The predicted molar refractivity (Wildman–Crippen MR) is 74.5 cm³/mol. The lowest BCUT2D eigenvalue weighted by molar-refractivity contribution is -0.152. The van der Waals surface area contributed by atoms with Crippen LogP contribution < -0.4 is 5.32 Å². The number of rotatable bonds is 4. The van der Waals surface area contributed by atoms with Gasteiger partial charge in [0, 0.05) is 4.47 Å². The molecule has 0 bridgehead atoms. The first-order valence-corrected chi connectivity index (χ1v) is 7.07. The Hall–Kier alpha value is -1.36. The van der Waals surface area contributed by atoms with Crippen LogP contribution in [0.5, 0.6) is 0 Å². The summed E-state index contributed by atoms with van der Waals surface area (Å²) in [5.74, 6) is -1.94. The van der Waals surface area contributed by atoms with E-state index in [1.165, 1.54) is 0 Å². The van der Waals surface area contributed by atoms with E-state index in [9.17, 15) is 9.59 Å². The molecule has 1 aromatic carbocycles. The molecule has 3 unspecified atom stereocenters. The van der Waals surface area contributed by atoms with Gasteiger partial charge >= 0.3 is 5.97 Å². The second-order valence-electron chi connectivity index (χ2n) is 4.91. The van der Waals surface area contributed by atoms with E-state index in [1.54, 1.807) is 0 Å². The van der Waals surface area contributed by atoms with Gasteiger partial charge in [-0.3, -0.25) is 9.59 Å². The molecule has 1 amide bonds. The van der Waals surface area contributed by atoms with Crippen molar-refractivity contribution in [3.05, 3.63) is 34.3 Å². The van der Waals surface area contributed by atoms with E-state index in [-0.39, 0.29) is 17.9 Å². The maximum atomic E-state index is 12.0. The van der Waals surface area contributed by atoms with Crippen LogP contribution in [0.25, 0.3) is 0 Å². The zero-order valence-electron chi connectivity index (χ0n) is 10.6. The van der Waals surface area contributed by atoms with Gasteiger partial charge in [-0.05, 0) is 37.5 Å². The van der Waals surface area contributed by atoms with Gasteiger partial charge in [-0.15, -0.1) is 0 Å². The van der Waals surface area contributed by atoms with E-state index >= 15 is 0 Å². The Balaban J connectivity index is 1.97. The summed E-state index contributed by atoms with van der Waals surface area (Å²) < 4.78 is 0.957. The zero-order valence-corrected chi connectivity index (χ0v) is 12.2. The van der Waals surface area contributed by atoms with Crippen molar-refractivity contribution >= 4 is 27.8 Å². The summed E-state index contributed by atoms with van der Waals surface area (Å²) in [6, 6.07) is 7.58. The van der Waals surface area contributed by atoms with Crippen LogP contribution in [0, 0.1) is 11.8 Å². The number of aliphatic carboxylic acids is 1. The first-order chi connectivity index (χ1) is 8.99. The molecule has 1 aliphatic rings. The fourth-order valence-electron chi connectivity index (χ4n) is 2.29. The average Bonchev–Trinajstić information content (AvgIpc) is 2.26. The normalized spacial score (nSPS) is 23.3. The lowest BCUT2D eigenvalue weighted by Gasteiger charge is -2.33. The molecule has 3 atom stereocenters. The van der Waals surface area contributed by atoms with E-state index in [0.717, 1.165) is 10.0 Å². The number of carbonyl (C=O) groups excluding carboxylic acids is 1. The highest BCUT2D eigenvalue weighted by atomic mass is 79.9. The third-order valence-corrected chi connectivity index (χ3v) is 4.13. The topological polar surface area (TPSA) is 66.4 Å². The SMILES string of the molecule is CC(NC(=O)C1CCC1C(=O)O)c1cccc(Br)c1. The summed E-state index contributed by atoms with van der Waals surface area (Å²) in [7, 11) is 0. The van der Waals surface area contributed by atoms with Crippen molar-refractivity contribution < 1.29 is 14.7 Å². The molecular weight excluding hydrogens is 310 g/mol. The summed E-state index contributed by atoms with van der Waals surface area (Å²) in [5.41, 5.74) is 0.994. The zero-order chi connectivity index (χ0) is 14.0. The summed E-state index contributed by atoms with van der Waals surface area (Å²) >= 11 is 3.39. The fourth-order valence-corrected chi connectivity index (χ4v) is 2.71. The van der Waals surface area contributed by atoms with Crippen molar-refractivity contribution in [2.45, 2.75) is 25.8 Å². The van der Waals surface area contributed by atoms with Gasteiger partial charge in [-0.2, -0.15) is 0 Å². The minimum absolute atomic E-state index is 0.125. The number of carboxylic acid groups (broad SMARTS) is 1. The first kappa shape index (κ1) is 14.1. The molecule has 1 saturated carbocycles. The number of hydrogen-bond acceptors (Lipinski definition) is 2. The molecule has 19 heavy (non-hydrogen) atoms. The van der Waals surface area contributed by atoms with Crippen molar-refractivity contribution in [2.75, 3.05) is 0 Å². The molecule has 4 nitrogen and oxygen atoms in total. The highest BCUT2D eigenvalue weighted by Crippen LogP contribution is 2.35. The van der Waals surface area contributed by atoms with Crippen LogP contribution >= 0.6 is 15.9 Å². The molecule has 1 aromatic rings. The Bertz CT molecular complexity index is 503. The highest BCUT2D eigenvalue weighted by molar-refractivity contribution is 9.10. The van der Waals surface area contributed by atoms with Gasteiger partial charge in [0.25, 0.3) is 0 Å². The van der Waals surface area contributed by atoms with Crippen LogP contribution in [0.1, 0.15) is 31.4 Å². The number of benzene rings is 1. The van der Waals surface area contributed by atoms with Gasteiger partial charge in [0.05, 0.1) is 17.9 Å². The number of amides is 1. The van der Waals surface area contributed by atoms with Crippen LogP contribution in [-0.2, 0) is 9.59 Å². The van der Waals surface area contributed by atoms with Crippen molar-refractivity contribution in [3.63, 3.8) is 0 Å². The number of hydrogen-bond donors (Lipinski definition) is 2. The van der Waals surface area contributed by atoms with E-state index in [1.807, 2.05) is 31.2 Å².